The summed E-state index contributed by atoms with van der Waals surface area (Å²) in [5.41, 5.74) is 0.677. The molecular formula is C22H23FN8O2. The van der Waals surface area contributed by atoms with Crippen molar-refractivity contribution in [2.45, 2.75) is 26.2 Å². The molecule has 33 heavy (non-hydrogen) atoms. The molecule has 0 atom stereocenters. The Balaban J connectivity index is 1.42. The number of pyridine rings is 1. The molecule has 0 saturated carbocycles. The molecule has 11 heteroatoms. The molecule has 0 bridgehead atoms. The van der Waals surface area contributed by atoms with Gasteiger partial charge in [-0.1, -0.05) is 20.8 Å². The van der Waals surface area contributed by atoms with E-state index in [1.807, 2.05) is 20.8 Å². The van der Waals surface area contributed by atoms with Crippen molar-refractivity contribution in [3.05, 3.63) is 66.8 Å². The van der Waals surface area contributed by atoms with Crippen LogP contribution in [0.5, 0.6) is 11.5 Å². The van der Waals surface area contributed by atoms with Crippen LogP contribution in [0.15, 0.2) is 55.2 Å². The Morgan fingerprint density at radius 1 is 1.03 bits per heavy atom. The summed E-state index contributed by atoms with van der Waals surface area (Å²) in [6.45, 7) is 6.08. The third kappa shape index (κ3) is 5.14. The lowest BCUT2D eigenvalue weighted by Gasteiger charge is -2.13. The number of amides is 2. The maximum atomic E-state index is 14.6. The molecule has 2 amide bonds. The van der Waals surface area contributed by atoms with Crippen molar-refractivity contribution in [2.75, 3.05) is 10.6 Å². The first-order valence-corrected chi connectivity index (χ1v) is 10.1. The normalized spacial score (nSPS) is 11.3. The molecule has 4 rings (SSSR count). The zero-order valence-corrected chi connectivity index (χ0v) is 18.6. The molecule has 0 aliphatic heterocycles. The van der Waals surface area contributed by atoms with Crippen LogP contribution < -0.4 is 15.4 Å². The second-order valence-electron chi connectivity index (χ2n) is 8.33. The van der Waals surface area contributed by atoms with E-state index in [0.29, 0.717) is 17.4 Å². The van der Waals surface area contributed by atoms with E-state index in [9.17, 15) is 9.18 Å². The van der Waals surface area contributed by atoms with Gasteiger partial charge in [0.05, 0.1) is 11.4 Å². The van der Waals surface area contributed by atoms with Gasteiger partial charge >= 0.3 is 6.03 Å². The fraction of sp³-hybridized carbons (Fsp3) is 0.227. The van der Waals surface area contributed by atoms with E-state index in [4.69, 9.17) is 4.74 Å². The zero-order chi connectivity index (χ0) is 23.6. The Labute approximate surface area is 189 Å². The minimum absolute atomic E-state index is 0.0120. The number of urea groups is 1. The van der Waals surface area contributed by atoms with Gasteiger partial charge in [-0.2, -0.15) is 5.10 Å². The molecule has 0 radical (unpaired) electrons. The molecular weight excluding hydrogens is 427 g/mol. The van der Waals surface area contributed by atoms with Crippen molar-refractivity contribution >= 4 is 17.5 Å². The highest BCUT2D eigenvalue weighted by atomic mass is 19.1. The summed E-state index contributed by atoms with van der Waals surface area (Å²) in [6, 6.07) is 8.69. The highest BCUT2D eigenvalue weighted by Gasteiger charge is 2.20. The van der Waals surface area contributed by atoms with Crippen LogP contribution in [-0.2, 0) is 12.5 Å². The van der Waals surface area contributed by atoms with Gasteiger partial charge in [0, 0.05) is 36.9 Å². The van der Waals surface area contributed by atoms with Gasteiger partial charge in [-0.3, -0.25) is 14.6 Å². The van der Waals surface area contributed by atoms with Gasteiger partial charge in [0.25, 0.3) is 0 Å². The topological polar surface area (TPSA) is 112 Å². The summed E-state index contributed by atoms with van der Waals surface area (Å²) in [5.74, 6) is 1.13. The third-order valence-corrected chi connectivity index (χ3v) is 4.71. The molecule has 0 spiro atoms. The number of benzene rings is 1. The highest BCUT2D eigenvalue weighted by molar-refractivity contribution is 5.99. The van der Waals surface area contributed by atoms with Gasteiger partial charge in [-0.05, 0) is 18.2 Å². The monoisotopic (exact) mass is 450 g/mol. The molecule has 0 unspecified atom stereocenters. The van der Waals surface area contributed by atoms with Crippen LogP contribution in [0.1, 0.15) is 26.5 Å². The fourth-order valence-corrected chi connectivity index (χ4v) is 2.94. The van der Waals surface area contributed by atoms with Crippen LogP contribution in [0.2, 0.25) is 0 Å². The lowest BCUT2D eigenvalue weighted by molar-refractivity contribution is 0.262. The SMILES string of the molecule is Cn1nc(C(C)(C)C)cc1NC(=O)Nc1ccc(Oc2ccnc(-n3cnnc3)c2)cc1F. The number of aryl methyl sites for hydroxylation is 1. The van der Waals surface area contributed by atoms with Crippen molar-refractivity contribution in [1.82, 2.24) is 29.5 Å². The highest BCUT2D eigenvalue weighted by Crippen LogP contribution is 2.27. The Hall–Kier alpha value is -4.28. The van der Waals surface area contributed by atoms with E-state index in [1.54, 1.807) is 46.8 Å². The first-order chi connectivity index (χ1) is 15.7. The van der Waals surface area contributed by atoms with Crippen LogP contribution in [0.25, 0.3) is 5.82 Å². The van der Waals surface area contributed by atoms with Gasteiger partial charge in [0.1, 0.15) is 41.6 Å². The first-order valence-electron chi connectivity index (χ1n) is 10.1. The average Bonchev–Trinajstić information content (AvgIpc) is 3.41. The van der Waals surface area contributed by atoms with Crippen molar-refractivity contribution in [3.8, 4) is 17.3 Å². The lowest BCUT2D eigenvalue weighted by atomic mass is 9.92. The number of anilines is 2. The summed E-state index contributed by atoms with van der Waals surface area (Å²) >= 11 is 0. The molecule has 10 nitrogen and oxygen atoms in total. The minimum atomic E-state index is -0.642. The molecule has 0 fully saturated rings. The van der Waals surface area contributed by atoms with Crippen LogP contribution in [0.3, 0.4) is 0 Å². The second-order valence-corrected chi connectivity index (χ2v) is 8.33. The van der Waals surface area contributed by atoms with Gasteiger partial charge < -0.3 is 10.1 Å². The molecule has 1 aromatic carbocycles. The number of rotatable bonds is 5. The number of aromatic nitrogens is 6. The van der Waals surface area contributed by atoms with E-state index in [0.717, 1.165) is 5.69 Å². The number of carbonyl (C=O) groups is 1. The van der Waals surface area contributed by atoms with Gasteiger partial charge in [0.2, 0.25) is 0 Å². The molecule has 0 aliphatic carbocycles. The molecule has 3 aromatic heterocycles. The van der Waals surface area contributed by atoms with E-state index in [2.05, 4.69) is 30.9 Å². The first kappa shape index (κ1) is 21.9. The number of carbonyl (C=O) groups excluding carboxylic acids is 1. The van der Waals surface area contributed by atoms with Crippen molar-refractivity contribution in [3.63, 3.8) is 0 Å². The zero-order valence-electron chi connectivity index (χ0n) is 18.6. The number of nitrogens with one attached hydrogen (secondary N) is 2. The smallest absolute Gasteiger partial charge is 0.324 e. The lowest BCUT2D eigenvalue weighted by Crippen LogP contribution is -2.21. The Kier molecular flexibility index (Phi) is 5.78. The third-order valence-electron chi connectivity index (χ3n) is 4.71. The molecule has 3 heterocycles. The molecule has 170 valence electrons. The van der Waals surface area contributed by atoms with Gasteiger partial charge in [0.15, 0.2) is 0 Å². The minimum Gasteiger partial charge on any atom is -0.457 e. The second kappa shape index (κ2) is 8.69. The van der Waals surface area contributed by atoms with Crippen LogP contribution in [0.4, 0.5) is 20.7 Å². The predicted molar refractivity (Wildman–Crippen MR) is 120 cm³/mol. The van der Waals surface area contributed by atoms with Crippen molar-refractivity contribution < 1.29 is 13.9 Å². The quantitative estimate of drug-likeness (QED) is 0.470. The summed E-state index contributed by atoms with van der Waals surface area (Å²) < 4.78 is 23.5. The maximum absolute atomic E-state index is 14.6. The standard InChI is InChI=1S/C22H23FN8O2/c1-22(2,3)18-11-20(30(4)29-18)28-21(32)27-17-6-5-14(9-16(17)23)33-15-7-8-24-19(10-15)31-12-25-26-13-31/h5-13H,1-4H3,(H2,27,28,32). The summed E-state index contributed by atoms with van der Waals surface area (Å²) in [6.07, 6.45) is 4.57. The van der Waals surface area contributed by atoms with Crippen LogP contribution >= 0.6 is 0 Å². The van der Waals surface area contributed by atoms with Crippen molar-refractivity contribution in [2.24, 2.45) is 7.05 Å². The summed E-state index contributed by atoms with van der Waals surface area (Å²) in [4.78, 5) is 16.6. The Bertz CT molecular complexity index is 1280. The molecule has 0 saturated heterocycles. The van der Waals surface area contributed by atoms with Crippen LogP contribution in [-0.4, -0.2) is 35.6 Å². The van der Waals surface area contributed by atoms with E-state index >= 15 is 0 Å². The maximum Gasteiger partial charge on any atom is 0.324 e. The number of halogens is 1. The summed E-state index contributed by atoms with van der Waals surface area (Å²) in [7, 11) is 1.73. The molecule has 2 N–H and O–H groups in total. The van der Waals surface area contributed by atoms with E-state index < -0.39 is 11.8 Å². The van der Waals surface area contributed by atoms with Gasteiger partial charge in [-0.25, -0.2) is 14.2 Å². The molecule has 4 aromatic rings. The predicted octanol–water partition coefficient (Wildman–Crippen LogP) is 4.27. The largest absolute Gasteiger partial charge is 0.457 e. The number of hydrogen-bond acceptors (Lipinski definition) is 6. The van der Waals surface area contributed by atoms with E-state index in [-0.39, 0.29) is 16.9 Å². The number of hydrogen-bond donors (Lipinski definition) is 2. The fourth-order valence-electron chi connectivity index (χ4n) is 2.94. The number of nitrogens with zero attached hydrogens (tertiary/aromatic N) is 6. The van der Waals surface area contributed by atoms with Crippen LogP contribution in [0, 0.1) is 5.82 Å². The molecule has 0 aliphatic rings. The average molecular weight is 450 g/mol. The summed E-state index contributed by atoms with van der Waals surface area (Å²) in [5, 5.41) is 17.1. The number of ether oxygens (including phenoxy) is 1. The Morgan fingerprint density at radius 3 is 2.42 bits per heavy atom. The van der Waals surface area contributed by atoms with Gasteiger partial charge in [-0.15, -0.1) is 10.2 Å². The Morgan fingerprint density at radius 2 is 1.76 bits per heavy atom. The van der Waals surface area contributed by atoms with E-state index in [1.165, 1.54) is 24.8 Å². The van der Waals surface area contributed by atoms with Crippen molar-refractivity contribution in [1.29, 1.82) is 0 Å².